The van der Waals surface area contributed by atoms with Crippen LogP contribution < -0.4 is 5.32 Å². The first kappa shape index (κ1) is 16.3. The van der Waals surface area contributed by atoms with Crippen LogP contribution in [0.1, 0.15) is 39.2 Å². The highest BCUT2D eigenvalue weighted by molar-refractivity contribution is 5.68. The fourth-order valence-corrected chi connectivity index (χ4v) is 3.97. The molecule has 126 valence electrons. The molecule has 0 spiro atoms. The lowest BCUT2D eigenvalue weighted by Crippen LogP contribution is -2.44. The summed E-state index contributed by atoms with van der Waals surface area (Å²) in [5.41, 5.74) is 0.933. The number of carbonyl (C=O) groups excluding carboxylic acids is 1. The molecule has 23 heavy (non-hydrogen) atoms. The molecule has 0 aromatic heterocycles. The number of hydrogen-bond donors (Lipinski definition) is 1. The number of likely N-dealkylation sites (tertiary alicyclic amines) is 1. The summed E-state index contributed by atoms with van der Waals surface area (Å²) in [6.45, 7) is 8.92. The second-order valence-corrected chi connectivity index (χ2v) is 8.03. The second-order valence-electron chi connectivity index (χ2n) is 8.03. The van der Waals surface area contributed by atoms with Crippen LogP contribution in [0.5, 0.6) is 0 Å². The molecule has 4 nitrogen and oxygen atoms in total. The van der Waals surface area contributed by atoms with E-state index in [4.69, 9.17) is 4.74 Å². The van der Waals surface area contributed by atoms with Crippen molar-refractivity contribution in [3.8, 4) is 0 Å². The van der Waals surface area contributed by atoms with Gasteiger partial charge >= 0.3 is 6.09 Å². The third-order valence-electron chi connectivity index (χ3n) is 4.75. The van der Waals surface area contributed by atoms with Gasteiger partial charge in [0.1, 0.15) is 5.60 Å². The Morgan fingerprint density at radius 3 is 2.65 bits per heavy atom. The minimum absolute atomic E-state index is 0.260. The Hall–Kier alpha value is -1.55. The maximum Gasteiger partial charge on any atom is 0.407 e. The molecule has 3 rings (SSSR count). The number of nitrogens with one attached hydrogen (secondary N) is 1. The molecule has 1 N–H and O–H groups in total. The smallest absolute Gasteiger partial charge is 0.407 e. The van der Waals surface area contributed by atoms with Crippen molar-refractivity contribution in [1.82, 2.24) is 10.2 Å². The van der Waals surface area contributed by atoms with Crippen molar-refractivity contribution in [2.24, 2.45) is 11.8 Å². The van der Waals surface area contributed by atoms with E-state index < -0.39 is 5.60 Å². The maximum atomic E-state index is 12.0. The van der Waals surface area contributed by atoms with Crippen molar-refractivity contribution < 1.29 is 9.53 Å². The van der Waals surface area contributed by atoms with Gasteiger partial charge in [0, 0.05) is 25.7 Å². The predicted octanol–water partition coefficient (Wildman–Crippen LogP) is 3.42. The largest absolute Gasteiger partial charge is 0.444 e. The number of alkyl carbamates (subject to hydrolysis) is 1. The molecule has 1 aromatic carbocycles. The van der Waals surface area contributed by atoms with Crippen LogP contribution in [-0.2, 0) is 11.3 Å². The lowest BCUT2D eigenvalue weighted by Gasteiger charge is -2.32. The van der Waals surface area contributed by atoms with E-state index in [0.717, 1.165) is 26.1 Å². The first-order valence-electron chi connectivity index (χ1n) is 8.65. The standard InChI is InChI=1S/C19H28N2O2/c1-19(2,3)23-18(22)20-17-10-15-9-16(17)13-21(12-15)11-14-7-5-4-6-8-14/h4-8,15-17H,9-13H2,1-3H3,(H,20,22)/t15-,16-,17+/m0/s1. The Balaban J connectivity index is 1.54. The highest BCUT2D eigenvalue weighted by Gasteiger charge is 2.41. The Kier molecular flexibility index (Phi) is 4.62. The van der Waals surface area contributed by atoms with Gasteiger partial charge in [0.15, 0.2) is 0 Å². The average Bonchev–Trinajstić information content (AvgIpc) is 2.72. The molecule has 3 atom stereocenters. The van der Waals surface area contributed by atoms with E-state index in [1.807, 2.05) is 20.8 Å². The van der Waals surface area contributed by atoms with Crippen LogP contribution in [0, 0.1) is 11.8 Å². The molecule has 1 aromatic rings. The fraction of sp³-hybridized carbons (Fsp3) is 0.632. The van der Waals surface area contributed by atoms with E-state index in [-0.39, 0.29) is 12.1 Å². The molecule has 0 unspecified atom stereocenters. The van der Waals surface area contributed by atoms with E-state index in [1.54, 1.807) is 0 Å². The van der Waals surface area contributed by atoms with E-state index in [9.17, 15) is 4.79 Å². The molecule has 1 aliphatic carbocycles. The number of carbonyl (C=O) groups is 1. The van der Waals surface area contributed by atoms with Gasteiger partial charge in [-0.05, 0) is 51.0 Å². The molecule has 1 saturated heterocycles. The van der Waals surface area contributed by atoms with Crippen molar-refractivity contribution in [2.75, 3.05) is 13.1 Å². The lowest BCUT2D eigenvalue weighted by atomic mass is 9.97. The first-order chi connectivity index (χ1) is 10.9. The maximum absolute atomic E-state index is 12.0. The molecule has 2 fully saturated rings. The van der Waals surface area contributed by atoms with E-state index in [1.165, 1.54) is 12.0 Å². The van der Waals surface area contributed by atoms with Crippen LogP contribution in [0.15, 0.2) is 30.3 Å². The summed E-state index contributed by atoms with van der Waals surface area (Å²) in [7, 11) is 0. The third-order valence-corrected chi connectivity index (χ3v) is 4.75. The summed E-state index contributed by atoms with van der Waals surface area (Å²) in [5.74, 6) is 1.24. The minimum Gasteiger partial charge on any atom is -0.444 e. The number of ether oxygens (including phenoxy) is 1. The van der Waals surface area contributed by atoms with E-state index >= 15 is 0 Å². The highest BCUT2D eigenvalue weighted by Crippen LogP contribution is 2.37. The Morgan fingerprint density at radius 2 is 1.96 bits per heavy atom. The number of rotatable bonds is 3. The number of amides is 1. The zero-order valence-corrected chi connectivity index (χ0v) is 14.4. The number of piperidine rings is 1. The molecule has 0 radical (unpaired) electrons. The van der Waals surface area contributed by atoms with E-state index in [0.29, 0.717) is 11.8 Å². The fourth-order valence-electron chi connectivity index (χ4n) is 3.97. The normalized spacial score (nSPS) is 27.7. The highest BCUT2D eigenvalue weighted by atomic mass is 16.6. The van der Waals surface area contributed by atoms with Crippen LogP contribution in [0.3, 0.4) is 0 Å². The van der Waals surface area contributed by atoms with Crippen LogP contribution in [0.2, 0.25) is 0 Å². The van der Waals surface area contributed by atoms with Gasteiger partial charge in [0.25, 0.3) is 0 Å². The summed E-state index contributed by atoms with van der Waals surface area (Å²) < 4.78 is 5.41. The Morgan fingerprint density at radius 1 is 1.22 bits per heavy atom. The van der Waals surface area contributed by atoms with Crippen molar-refractivity contribution in [2.45, 2.75) is 51.8 Å². The summed E-state index contributed by atoms with van der Waals surface area (Å²) in [6.07, 6.45) is 2.03. The topological polar surface area (TPSA) is 41.6 Å². The third kappa shape index (κ3) is 4.47. The molecule has 1 heterocycles. The molecular weight excluding hydrogens is 288 g/mol. The number of hydrogen-bond acceptors (Lipinski definition) is 3. The number of nitrogens with zero attached hydrogens (tertiary/aromatic N) is 1. The minimum atomic E-state index is -0.433. The number of fused-ring (bicyclic) bond motifs is 2. The van der Waals surface area contributed by atoms with E-state index in [2.05, 4.69) is 40.5 Å². The molecule has 1 saturated carbocycles. The van der Waals surface area contributed by atoms with Gasteiger partial charge in [-0.2, -0.15) is 0 Å². The SMILES string of the molecule is CC(C)(C)OC(=O)N[C@@H]1C[C@@H]2C[C@H]1CN(Cc1ccccc1)C2. The first-order valence-corrected chi connectivity index (χ1v) is 8.65. The van der Waals surface area contributed by atoms with Gasteiger partial charge in [-0.25, -0.2) is 4.79 Å². The van der Waals surface area contributed by atoms with Crippen LogP contribution in [0.25, 0.3) is 0 Å². The van der Waals surface area contributed by atoms with Crippen LogP contribution in [-0.4, -0.2) is 35.7 Å². The van der Waals surface area contributed by atoms with Crippen molar-refractivity contribution in [1.29, 1.82) is 0 Å². The number of benzene rings is 1. The molecule has 2 aliphatic rings. The van der Waals surface area contributed by atoms with Gasteiger partial charge in [-0.3, -0.25) is 4.90 Å². The molecule has 1 aliphatic heterocycles. The zero-order valence-electron chi connectivity index (χ0n) is 14.4. The van der Waals surface area contributed by atoms with Gasteiger partial charge in [-0.15, -0.1) is 0 Å². The van der Waals surface area contributed by atoms with Crippen LogP contribution >= 0.6 is 0 Å². The molecule has 1 amide bonds. The summed E-state index contributed by atoms with van der Waals surface area (Å²) >= 11 is 0. The second kappa shape index (κ2) is 6.52. The average molecular weight is 316 g/mol. The molecular formula is C19H28N2O2. The summed E-state index contributed by atoms with van der Waals surface area (Å²) in [6, 6.07) is 10.9. The quantitative estimate of drug-likeness (QED) is 0.929. The van der Waals surface area contributed by atoms with Crippen LogP contribution in [0.4, 0.5) is 4.79 Å². The van der Waals surface area contributed by atoms with Gasteiger partial charge in [0.05, 0.1) is 0 Å². The summed E-state index contributed by atoms with van der Waals surface area (Å²) in [5, 5.41) is 3.10. The Labute approximate surface area is 139 Å². The molecule has 4 heteroatoms. The van der Waals surface area contributed by atoms with Gasteiger partial charge in [0.2, 0.25) is 0 Å². The van der Waals surface area contributed by atoms with Gasteiger partial charge < -0.3 is 10.1 Å². The van der Waals surface area contributed by atoms with Crippen molar-refractivity contribution in [3.63, 3.8) is 0 Å². The lowest BCUT2D eigenvalue weighted by molar-refractivity contribution is 0.0487. The summed E-state index contributed by atoms with van der Waals surface area (Å²) in [4.78, 5) is 14.6. The monoisotopic (exact) mass is 316 g/mol. The zero-order chi connectivity index (χ0) is 16.4. The predicted molar refractivity (Wildman–Crippen MR) is 91.1 cm³/mol. The van der Waals surface area contributed by atoms with Crippen molar-refractivity contribution >= 4 is 6.09 Å². The van der Waals surface area contributed by atoms with Gasteiger partial charge in [-0.1, -0.05) is 30.3 Å². The Bertz CT molecular complexity index is 538. The van der Waals surface area contributed by atoms with Crippen molar-refractivity contribution in [3.05, 3.63) is 35.9 Å². The molecule has 2 bridgehead atoms.